The first kappa shape index (κ1) is 24.6. The van der Waals surface area contributed by atoms with Crippen molar-refractivity contribution in [2.75, 3.05) is 18.2 Å². The first-order valence-corrected chi connectivity index (χ1v) is 12.0. The standard InChI is InChI=1S/C25H22ClFN4O3S/c1-16(34-20-10-6-9-19(14-20)33-2)24-29-30-25(31(24)18-7-4-3-5-8-18)35-15-23(32)28-22-12-11-17(26)13-21(22)27/h3-14,16H,15H2,1-2H3,(H,28,32). The Morgan fingerprint density at radius 3 is 2.60 bits per heavy atom. The van der Waals surface area contributed by atoms with Crippen molar-refractivity contribution in [3.05, 3.63) is 89.5 Å². The summed E-state index contributed by atoms with van der Waals surface area (Å²) in [7, 11) is 1.59. The molecule has 4 rings (SSSR count). The monoisotopic (exact) mass is 512 g/mol. The Labute approximate surface area is 211 Å². The van der Waals surface area contributed by atoms with Gasteiger partial charge in [-0.2, -0.15) is 0 Å². The number of rotatable bonds is 9. The van der Waals surface area contributed by atoms with E-state index in [1.54, 1.807) is 13.2 Å². The average Bonchev–Trinajstić information content (AvgIpc) is 3.29. The molecule has 0 saturated carbocycles. The largest absolute Gasteiger partial charge is 0.497 e. The molecule has 0 aliphatic rings. The van der Waals surface area contributed by atoms with Crippen LogP contribution in [-0.2, 0) is 4.79 Å². The number of thioether (sulfide) groups is 1. The average molecular weight is 513 g/mol. The minimum Gasteiger partial charge on any atom is -0.497 e. The van der Waals surface area contributed by atoms with E-state index >= 15 is 0 Å². The number of ether oxygens (including phenoxy) is 2. The van der Waals surface area contributed by atoms with Crippen LogP contribution in [0.5, 0.6) is 11.5 Å². The van der Waals surface area contributed by atoms with E-state index in [0.717, 1.165) is 11.8 Å². The van der Waals surface area contributed by atoms with Crippen LogP contribution < -0.4 is 14.8 Å². The van der Waals surface area contributed by atoms with E-state index in [-0.39, 0.29) is 22.4 Å². The molecule has 0 fully saturated rings. The summed E-state index contributed by atoms with van der Waals surface area (Å²) in [6, 6.07) is 20.9. The summed E-state index contributed by atoms with van der Waals surface area (Å²) >= 11 is 6.96. The normalized spacial score (nSPS) is 11.7. The molecule has 1 aromatic heterocycles. The van der Waals surface area contributed by atoms with E-state index in [1.807, 2.05) is 60.0 Å². The van der Waals surface area contributed by atoms with Gasteiger partial charge in [-0.25, -0.2) is 4.39 Å². The SMILES string of the molecule is COc1cccc(OC(C)c2nnc(SCC(=O)Nc3ccc(Cl)cc3F)n2-c2ccccc2)c1. The summed E-state index contributed by atoms with van der Waals surface area (Å²) in [5.74, 6) is 0.871. The molecule has 1 atom stereocenters. The Bertz CT molecular complexity index is 1320. The zero-order chi connectivity index (χ0) is 24.8. The number of anilines is 1. The molecule has 0 bridgehead atoms. The number of amides is 1. The number of hydrogen-bond acceptors (Lipinski definition) is 6. The van der Waals surface area contributed by atoms with Crippen molar-refractivity contribution >= 4 is 35.0 Å². The van der Waals surface area contributed by atoms with Gasteiger partial charge in [0.1, 0.15) is 17.3 Å². The molecular weight excluding hydrogens is 491 g/mol. The third kappa shape index (κ3) is 6.12. The molecule has 0 aliphatic heterocycles. The van der Waals surface area contributed by atoms with Crippen molar-refractivity contribution in [1.82, 2.24) is 14.8 Å². The minimum atomic E-state index is -0.603. The van der Waals surface area contributed by atoms with Crippen LogP contribution in [0, 0.1) is 5.82 Å². The molecule has 1 amide bonds. The van der Waals surface area contributed by atoms with Crippen molar-refractivity contribution < 1.29 is 18.7 Å². The summed E-state index contributed by atoms with van der Waals surface area (Å²) in [5.41, 5.74) is 0.880. The number of carbonyl (C=O) groups is 1. The van der Waals surface area contributed by atoms with E-state index in [0.29, 0.717) is 22.5 Å². The second-order valence-electron chi connectivity index (χ2n) is 7.41. The van der Waals surface area contributed by atoms with Crippen LogP contribution in [0.2, 0.25) is 5.02 Å². The molecule has 180 valence electrons. The lowest BCUT2D eigenvalue weighted by molar-refractivity contribution is -0.113. The van der Waals surface area contributed by atoms with E-state index < -0.39 is 11.9 Å². The summed E-state index contributed by atoms with van der Waals surface area (Å²) in [6.07, 6.45) is -0.457. The quantitative estimate of drug-likeness (QED) is 0.280. The van der Waals surface area contributed by atoms with Gasteiger partial charge in [-0.15, -0.1) is 10.2 Å². The van der Waals surface area contributed by atoms with E-state index in [2.05, 4.69) is 15.5 Å². The second kappa shape index (κ2) is 11.2. The summed E-state index contributed by atoms with van der Waals surface area (Å²) in [6.45, 7) is 1.87. The molecule has 0 spiro atoms. The van der Waals surface area contributed by atoms with Gasteiger partial charge in [0.25, 0.3) is 0 Å². The van der Waals surface area contributed by atoms with Crippen LogP contribution in [0.25, 0.3) is 5.69 Å². The number of para-hydroxylation sites is 1. The molecule has 3 aromatic carbocycles. The molecule has 1 unspecified atom stereocenters. The zero-order valence-electron chi connectivity index (χ0n) is 18.9. The van der Waals surface area contributed by atoms with Gasteiger partial charge in [0.15, 0.2) is 17.1 Å². The molecule has 0 saturated heterocycles. The van der Waals surface area contributed by atoms with Crippen molar-refractivity contribution in [3.63, 3.8) is 0 Å². The van der Waals surface area contributed by atoms with Gasteiger partial charge >= 0.3 is 0 Å². The van der Waals surface area contributed by atoms with E-state index in [4.69, 9.17) is 21.1 Å². The number of nitrogens with one attached hydrogen (secondary N) is 1. The van der Waals surface area contributed by atoms with Crippen LogP contribution in [0.3, 0.4) is 0 Å². The topological polar surface area (TPSA) is 78.3 Å². The first-order chi connectivity index (χ1) is 16.9. The maximum atomic E-state index is 14.0. The number of hydrogen-bond donors (Lipinski definition) is 1. The molecule has 4 aromatic rings. The first-order valence-electron chi connectivity index (χ1n) is 10.6. The highest BCUT2D eigenvalue weighted by molar-refractivity contribution is 7.99. The fourth-order valence-electron chi connectivity index (χ4n) is 3.30. The molecule has 10 heteroatoms. The molecule has 0 aliphatic carbocycles. The Hall–Kier alpha value is -3.56. The lowest BCUT2D eigenvalue weighted by Gasteiger charge is -2.17. The van der Waals surface area contributed by atoms with Crippen molar-refractivity contribution in [3.8, 4) is 17.2 Å². The number of aromatic nitrogens is 3. The Balaban J connectivity index is 1.54. The van der Waals surface area contributed by atoms with Gasteiger partial charge in [-0.3, -0.25) is 9.36 Å². The smallest absolute Gasteiger partial charge is 0.234 e. The summed E-state index contributed by atoms with van der Waals surface area (Å²) in [4.78, 5) is 12.5. The van der Waals surface area contributed by atoms with Crippen LogP contribution in [-0.4, -0.2) is 33.5 Å². The fraction of sp³-hybridized carbons (Fsp3) is 0.160. The van der Waals surface area contributed by atoms with Crippen molar-refractivity contribution in [2.24, 2.45) is 0 Å². The third-order valence-corrected chi connectivity index (χ3v) is 6.09. The summed E-state index contributed by atoms with van der Waals surface area (Å²) in [5, 5.41) is 11.9. The van der Waals surface area contributed by atoms with Gasteiger partial charge in [0.05, 0.1) is 18.6 Å². The van der Waals surface area contributed by atoms with Crippen molar-refractivity contribution in [1.29, 1.82) is 0 Å². The number of halogens is 2. The van der Waals surface area contributed by atoms with Crippen LogP contribution >= 0.6 is 23.4 Å². The van der Waals surface area contributed by atoms with Gasteiger partial charge in [-0.05, 0) is 49.4 Å². The highest BCUT2D eigenvalue weighted by Crippen LogP contribution is 2.29. The highest BCUT2D eigenvalue weighted by atomic mass is 35.5. The third-order valence-electron chi connectivity index (χ3n) is 4.93. The molecule has 7 nitrogen and oxygen atoms in total. The lowest BCUT2D eigenvalue weighted by Crippen LogP contribution is -2.16. The van der Waals surface area contributed by atoms with Gasteiger partial charge < -0.3 is 14.8 Å². The van der Waals surface area contributed by atoms with Gasteiger partial charge in [0, 0.05) is 16.8 Å². The van der Waals surface area contributed by atoms with Crippen molar-refractivity contribution in [2.45, 2.75) is 18.2 Å². The number of methoxy groups -OCH3 is 1. The Morgan fingerprint density at radius 1 is 1.09 bits per heavy atom. The molecule has 0 radical (unpaired) electrons. The van der Waals surface area contributed by atoms with Gasteiger partial charge in [0.2, 0.25) is 5.91 Å². The van der Waals surface area contributed by atoms with E-state index in [9.17, 15) is 9.18 Å². The second-order valence-corrected chi connectivity index (χ2v) is 8.79. The molecular formula is C25H22ClFN4O3S. The van der Waals surface area contributed by atoms with Crippen LogP contribution in [0.15, 0.2) is 78.0 Å². The maximum Gasteiger partial charge on any atom is 0.234 e. The fourth-order valence-corrected chi connectivity index (χ4v) is 4.21. The Morgan fingerprint density at radius 2 is 1.86 bits per heavy atom. The molecule has 1 N–H and O–H groups in total. The molecule has 1 heterocycles. The maximum absolute atomic E-state index is 14.0. The van der Waals surface area contributed by atoms with Crippen LogP contribution in [0.1, 0.15) is 18.9 Å². The predicted octanol–water partition coefficient (Wildman–Crippen LogP) is 5.94. The van der Waals surface area contributed by atoms with Crippen LogP contribution in [0.4, 0.5) is 10.1 Å². The van der Waals surface area contributed by atoms with E-state index in [1.165, 1.54) is 23.9 Å². The molecule has 35 heavy (non-hydrogen) atoms. The zero-order valence-corrected chi connectivity index (χ0v) is 20.5. The lowest BCUT2D eigenvalue weighted by atomic mass is 10.3. The highest BCUT2D eigenvalue weighted by Gasteiger charge is 2.22. The summed E-state index contributed by atoms with van der Waals surface area (Å²) < 4.78 is 27.2. The predicted molar refractivity (Wildman–Crippen MR) is 134 cm³/mol. The Kier molecular flexibility index (Phi) is 7.89. The minimum absolute atomic E-state index is 0.00183. The number of carbonyl (C=O) groups excluding carboxylic acids is 1. The number of benzene rings is 3. The van der Waals surface area contributed by atoms with Gasteiger partial charge in [-0.1, -0.05) is 47.6 Å². The number of nitrogens with zero attached hydrogens (tertiary/aromatic N) is 3.